The second kappa shape index (κ2) is 2.91. The number of hydrogen-bond donors (Lipinski definition) is 0. The van der Waals surface area contributed by atoms with Crippen molar-refractivity contribution in [3.05, 3.63) is 7.05 Å². The highest BCUT2D eigenvalue weighted by atomic mass is 19.3. The van der Waals surface area contributed by atoms with Crippen molar-refractivity contribution >= 4 is 0 Å². The molecule has 7 heavy (non-hydrogen) atoms. The summed E-state index contributed by atoms with van der Waals surface area (Å²) in [7, 11) is 4.74. The van der Waals surface area contributed by atoms with E-state index >= 15 is 0 Å². The molecule has 0 spiro atoms. The molecule has 0 aliphatic heterocycles. The van der Waals surface area contributed by atoms with Gasteiger partial charge in [0.15, 0.2) is 0 Å². The summed E-state index contributed by atoms with van der Waals surface area (Å²) in [6, 6.07) is 0. The van der Waals surface area contributed by atoms with E-state index in [-0.39, 0.29) is 6.54 Å². The molecule has 44 valence electrons. The fourth-order valence-electron chi connectivity index (χ4n) is 0.236. The highest BCUT2D eigenvalue weighted by Crippen LogP contribution is 1.91. The number of rotatable bonds is 2. The van der Waals surface area contributed by atoms with Crippen LogP contribution in [0.1, 0.15) is 0 Å². The summed E-state index contributed by atoms with van der Waals surface area (Å²) in [4.78, 5) is 1.20. The highest BCUT2D eigenvalue weighted by Gasteiger charge is 1.97. The zero-order valence-electron chi connectivity index (χ0n) is 4.19. The van der Waals surface area contributed by atoms with E-state index in [1.165, 1.54) is 11.9 Å². The largest absolute Gasteiger partial charge is 0.457 e. The zero-order chi connectivity index (χ0) is 5.86. The number of hydrogen-bond acceptors (Lipinski definition) is 1. The zero-order valence-corrected chi connectivity index (χ0v) is 4.19. The van der Waals surface area contributed by atoms with Crippen LogP contribution in [0.4, 0.5) is 8.78 Å². The summed E-state index contributed by atoms with van der Waals surface area (Å²) in [5, 5.41) is 0. The van der Waals surface area contributed by atoms with Gasteiger partial charge < -0.3 is 4.90 Å². The Labute approximate surface area is 41.9 Å². The van der Waals surface area contributed by atoms with Crippen LogP contribution < -0.4 is 0 Å². The minimum Gasteiger partial charge on any atom is -0.457 e. The van der Waals surface area contributed by atoms with Crippen molar-refractivity contribution in [1.29, 1.82) is 0 Å². The Bertz CT molecular complexity index is 39.0. The Hall–Kier alpha value is -0.180. The van der Waals surface area contributed by atoms with Gasteiger partial charge in [0.2, 0.25) is 6.43 Å². The molecule has 0 unspecified atom stereocenters. The van der Waals surface area contributed by atoms with E-state index in [1.54, 1.807) is 0 Å². The van der Waals surface area contributed by atoms with Crippen molar-refractivity contribution in [2.45, 2.75) is 6.43 Å². The molecular weight excluding hydrogens is 100 g/mol. The van der Waals surface area contributed by atoms with Gasteiger partial charge in [-0.25, -0.2) is 8.78 Å². The van der Waals surface area contributed by atoms with Crippen LogP contribution in [0.5, 0.6) is 0 Å². The lowest BCUT2D eigenvalue weighted by molar-refractivity contribution is 0.116. The maximum absolute atomic E-state index is 11.2. The molecule has 0 amide bonds. The summed E-state index contributed by atoms with van der Waals surface area (Å²) in [5.74, 6) is 0. The highest BCUT2D eigenvalue weighted by molar-refractivity contribution is 4.46. The molecule has 0 aromatic carbocycles. The first-order valence-electron chi connectivity index (χ1n) is 1.92. The van der Waals surface area contributed by atoms with E-state index in [0.29, 0.717) is 0 Å². The first-order valence-corrected chi connectivity index (χ1v) is 1.92. The molecule has 0 heterocycles. The van der Waals surface area contributed by atoms with Crippen LogP contribution >= 0.6 is 0 Å². The molecule has 0 saturated carbocycles. The Morgan fingerprint density at radius 1 is 1.71 bits per heavy atom. The van der Waals surface area contributed by atoms with Crippen molar-refractivity contribution < 1.29 is 8.78 Å². The van der Waals surface area contributed by atoms with Gasteiger partial charge >= 0.3 is 0 Å². The predicted octanol–water partition coefficient (Wildman–Crippen LogP) is 0.975. The van der Waals surface area contributed by atoms with Crippen LogP contribution in [0, 0.1) is 7.05 Å². The Balaban J connectivity index is 2.95. The Morgan fingerprint density at radius 3 is 2.14 bits per heavy atom. The maximum Gasteiger partial charge on any atom is 0.248 e. The van der Waals surface area contributed by atoms with E-state index in [1.807, 2.05) is 0 Å². The molecule has 0 saturated heterocycles. The van der Waals surface area contributed by atoms with E-state index < -0.39 is 6.43 Å². The van der Waals surface area contributed by atoms with Crippen LogP contribution in [-0.2, 0) is 0 Å². The molecule has 0 aliphatic rings. The summed E-state index contributed by atoms with van der Waals surface area (Å²) >= 11 is 0. The van der Waals surface area contributed by atoms with E-state index in [2.05, 4.69) is 7.05 Å². The molecule has 0 aliphatic carbocycles. The van der Waals surface area contributed by atoms with Crippen LogP contribution in [0.15, 0.2) is 0 Å². The van der Waals surface area contributed by atoms with Crippen molar-refractivity contribution in [2.75, 3.05) is 13.6 Å². The lowest BCUT2D eigenvalue weighted by Gasteiger charge is -2.15. The average molecular weight is 108 g/mol. The molecule has 0 aromatic rings. The van der Waals surface area contributed by atoms with Gasteiger partial charge in [-0.15, -0.1) is 0 Å². The van der Waals surface area contributed by atoms with E-state index in [9.17, 15) is 8.78 Å². The molecule has 0 fully saturated rings. The SMILES string of the molecule is [CH2-]N(C)CC(F)F. The normalized spacial score (nSPS) is 11.1. The van der Waals surface area contributed by atoms with Gasteiger partial charge in [-0.2, -0.15) is 0 Å². The van der Waals surface area contributed by atoms with E-state index in [4.69, 9.17) is 0 Å². The van der Waals surface area contributed by atoms with Gasteiger partial charge in [-0.1, -0.05) is 0 Å². The van der Waals surface area contributed by atoms with Gasteiger partial charge in [0.25, 0.3) is 0 Å². The van der Waals surface area contributed by atoms with Crippen LogP contribution in [-0.4, -0.2) is 24.9 Å². The van der Waals surface area contributed by atoms with Gasteiger partial charge in [0.05, 0.1) is 0 Å². The molecule has 0 radical (unpaired) electrons. The van der Waals surface area contributed by atoms with Crippen LogP contribution in [0.2, 0.25) is 0 Å². The van der Waals surface area contributed by atoms with Crippen LogP contribution in [0.25, 0.3) is 0 Å². The second-order valence-corrected chi connectivity index (χ2v) is 1.43. The third-order valence-corrected chi connectivity index (χ3v) is 0.450. The summed E-state index contributed by atoms with van der Waals surface area (Å²) in [6.07, 6.45) is -2.26. The third kappa shape index (κ3) is 5.82. The molecular formula is C4H8F2N-. The van der Waals surface area contributed by atoms with Gasteiger partial charge in [0.1, 0.15) is 0 Å². The second-order valence-electron chi connectivity index (χ2n) is 1.43. The van der Waals surface area contributed by atoms with Crippen molar-refractivity contribution in [1.82, 2.24) is 4.90 Å². The van der Waals surface area contributed by atoms with Crippen molar-refractivity contribution in [3.8, 4) is 0 Å². The monoisotopic (exact) mass is 108 g/mol. The fraction of sp³-hybridized carbons (Fsp3) is 0.750. The molecule has 3 heteroatoms. The lowest BCUT2D eigenvalue weighted by atomic mass is 10.6. The topological polar surface area (TPSA) is 3.24 Å². The summed E-state index contributed by atoms with van der Waals surface area (Å²) in [5.41, 5.74) is 0. The molecule has 0 bridgehead atoms. The third-order valence-electron chi connectivity index (χ3n) is 0.450. The summed E-state index contributed by atoms with van der Waals surface area (Å²) in [6.45, 7) is -0.250. The maximum atomic E-state index is 11.2. The molecule has 1 nitrogen and oxygen atoms in total. The van der Waals surface area contributed by atoms with Crippen molar-refractivity contribution in [2.24, 2.45) is 0 Å². The smallest absolute Gasteiger partial charge is 0.248 e. The minimum absolute atomic E-state index is 0.250. The number of halogens is 2. The Kier molecular flexibility index (Phi) is 2.83. The van der Waals surface area contributed by atoms with Crippen molar-refractivity contribution in [3.63, 3.8) is 0 Å². The quantitative estimate of drug-likeness (QED) is 0.476. The molecule has 0 rings (SSSR count). The minimum atomic E-state index is -2.26. The Morgan fingerprint density at radius 2 is 2.14 bits per heavy atom. The molecule has 0 N–H and O–H groups in total. The molecule has 0 atom stereocenters. The first-order chi connectivity index (χ1) is 3.13. The van der Waals surface area contributed by atoms with Crippen LogP contribution in [0.3, 0.4) is 0 Å². The number of nitrogens with zero attached hydrogens (tertiary/aromatic N) is 1. The number of alkyl halides is 2. The average Bonchev–Trinajstić information content (AvgIpc) is 1.27. The molecule has 0 aromatic heterocycles. The predicted molar refractivity (Wildman–Crippen MR) is 24.0 cm³/mol. The van der Waals surface area contributed by atoms with E-state index in [0.717, 1.165) is 0 Å². The first kappa shape index (κ1) is 6.82. The lowest BCUT2D eigenvalue weighted by Crippen LogP contribution is -2.16. The van der Waals surface area contributed by atoms with Gasteiger partial charge in [0, 0.05) is 6.54 Å². The summed E-state index contributed by atoms with van der Waals surface area (Å²) < 4.78 is 22.4. The standard InChI is InChI=1S/C4H8F2N/c1-7(2)3-4(5)6/h4H,1,3H2,2H3/q-1. The fourth-order valence-corrected chi connectivity index (χ4v) is 0.236. The van der Waals surface area contributed by atoms with Gasteiger partial charge in [-0.3, -0.25) is 7.05 Å². The van der Waals surface area contributed by atoms with Gasteiger partial charge in [-0.05, 0) is 7.05 Å².